The molecule has 0 atom stereocenters. The van der Waals surface area contributed by atoms with Crippen molar-refractivity contribution in [2.75, 3.05) is 56.8 Å². The molecule has 2 aromatic carbocycles. The molecule has 0 saturated carbocycles. The van der Waals surface area contributed by atoms with Crippen molar-refractivity contribution in [3.05, 3.63) is 155 Å². The molecule has 3 N–H and O–H groups in total. The van der Waals surface area contributed by atoms with E-state index in [1.165, 1.54) is 11.0 Å². The van der Waals surface area contributed by atoms with E-state index in [0.29, 0.717) is 59.1 Å². The van der Waals surface area contributed by atoms with Gasteiger partial charge in [0.25, 0.3) is 23.6 Å². The van der Waals surface area contributed by atoms with Crippen molar-refractivity contribution in [3.63, 3.8) is 0 Å². The van der Waals surface area contributed by atoms with E-state index in [0.717, 1.165) is 39.7 Å². The number of amides is 4. The van der Waals surface area contributed by atoms with E-state index in [-0.39, 0.29) is 55.6 Å². The molecule has 72 heavy (non-hydrogen) atoms. The largest absolute Gasteiger partial charge is 0.477 e. The number of nitriles is 2. The lowest BCUT2D eigenvalue weighted by molar-refractivity contribution is 0.0955. The molecule has 0 saturated heterocycles. The van der Waals surface area contributed by atoms with Crippen LogP contribution in [0.5, 0.6) is 11.8 Å². The highest BCUT2D eigenvalue weighted by atomic mass is 16.5. The zero-order chi connectivity index (χ0) is 51.3. The number of aromatic nitrogens is 6. The molecule has 8 rings (SSSR count). The van der Waals surface area contributed by atoms with Crippen molar-refractivity contribution >= 4 is 46.3 Å². The summed E-state index contributed by atoms with van der Waals surface area (Å²) in [6.45, 7) is 6.54. The van der Waals surface area contributed by atoms with Crippen molar-refractivity contribution in [1.82, 2.24) is 39.8 Å². The van der Waals surface area contributed by atoms with Crippen LogP contribution in [0.25, 0.3) is 33.3 Å². The summed E-state index contributed by atoms with van der Waals surface area (Å²) in [4.78, 5) is 62.6. The van der Waals surface area contributed by atoms with E-state index in [2.05, 4.69) is 36.9 Å². The molecular formula is C53H52N12O7. The van der Waals surface area contributed by atoms with Crippen molar-refractivity contribution in [1.29, 1.82) is 10.5 Å². The normalized spacial score (nSPS) is 10.6. The molecule has 19 heteroatoms. The number of ether oxygens (including phenoxy) is 2. The molecule has 366 valence electrons. The molecule has 8 aromatic rings. The average molecular weight is 969 g/mol. The van der Waals surface area contributed by atoms with Crippen LogP contribution >= 0.6 is 0 Å². The lowest BCUT2D eigenvalue weighted by atomic mass is 10.0. The lowest BCUT2D eigenvalue weighted by Gasteiger charge is -2.21. The van der Waals surface area contributed by atoms with E-state index in [1.807, 2.05) is 51.1 Å². The Morgan fingerprint density at radius 1 is 0.611 bits per heavy atom. The van der Waals surface area contributed by atoms with Crippen LogP contribution in [-0.2, 0) is 0 Å². The highest BCUT2D eigenvalue weighted by Crippen LogP contribution is 2.30. The smallest absolute Gasteiger partial charge is 0.259 e. The number of hydrogen-bond donors (Lipinski definition) is 3. The summed E-state index contributed by atoms with van der Waals surface area (Å²) in [7, 11) is 3.17. The zero-order valence-electron chi connectivity index (χ0n) is 40.2. The van der Waals surface area contributed by atoms with Crippen LogP contribution < -0.4 is 29.9 Å². The van der Waals surface area contributed by atoms with E-state index in [4.69, 9.17) is 14.6 Å². The van der Waals surface area contributed by atoms with Gasteiger partial charge in [-0.25, -0.2) is 9.03 Å². The highest BCUT2D eigenvalue weighted by Gasteiger charge is 2.23. The number of benzene rings is 2. The molecule has 19 nitrogen and oxygen atoms in total. The number of hydrogen-bond acceptors (Lipinski definition) is 13. The molecule has 0 spiro atoms. The number of carbonyl (C=O) groups is 4. The highest BCUT2D eigenvalue weighted by molar-refractivity contribution is 6.07. The van der Waals surface area contributed by atoms with Gasteiger partial charge < -0.3 is 25.2 Å². The Bertz CT molecular complexity index is 3140. The number of nitrogens with one attached hydrogen (secondary N) is 2. The Morgan fingerprint density at radius 2 is 1.03 bits per heavy atom. The van der Waals surface area contributed by atoms with E-state index < -0.39 is 0 Å². The zero-order valence-corrected chi connectivity index (χ0v) is 40.2. The van der Waals surface area contributed by atoms with Crippen LogP contribution in [0.2, 0.25) is 0 Å². The molecule has 0 aliphatic carbocycles. The van der Waals surface area contributed by atoms with Crippen LogP contribution in [0.1, 0.15) is 81.2 Å². The van der Waals surface area contributed by atoms with Crippen molar-refractivity contribution < 1.29 is 35.2 Å². The standard InChI is InChI=1S/C27H26N6O3.C26H24N6O4.H2/c1-4-14-36-26-21(16-28)10-11-24(31-26)32(5-2)27(35)20-12-13-33-23(15-20)22(17-30-33)18-6-8-19(9-7-18)25(34)29-3;1-3-31(23-9-8-20(15-27)25(30-23)36-13-12-33)26(35)19-10-11-32-22(14-19)21(16-29-32)17-4-6-18(7-5-17)24(34)28-2;/h6-13,15,17H,4-5,14H2,1-3H3,(H,29,34);4-11,14,16,33H,3,12-13H2,1-2H3,(H,28,34);1H. The Morgan fingerprint density at radius 3 is 1.39 bits per heavy atom. The fourth-order valence-corrected chi connectivity index (χ4v) is 7.59. The average Bonchev–Trinajstić information content (AvgIpc) is 4.06. The first-order valence-electron chi connectivity index (χ1n) is 22.9. The van der Waals surface area contributed by atoms with Gasteiger partial charge in [-0.3, -0.25) is 29.0 Å². The third-order valence-corrected chi connectivity index (χ3v) is 11.3. The lowest BCUT2D eigenvalue weighted by Crippen LogP contribution is -2.31. The SMILES string of the molecule is CCCOc1nc(N(CC)C(=O)c2ccn3ncc(-c4ccc(C(=O)NC)cc4)c3c2)ccc1C#N.CCN(C(=O)c1ccn2ncc(-c3ccc(C(=O)NC)cc3)c2c1)c1ccc(C#N)c(OCCO)n1.[HH]. The first-order chi connectivity index (χ1) is 35.0. The van der Waals surface area contributed by atoms with E-state index in [9.17, 15) is 29.7 Å². The third kappa shape index (κ3) is 10.9. The molecule has 0 bridgehead atoms. The molecule has 4 amide bonds. The van der Waals surface area contributed by atoms with Gasteiger partial charge in [0.1, 0.15) is 41.5 Å². The molecule has 0 fully saturated rings. The van der Waals surface area contributed by atoms with Crippen LogP contribution in [0, 0.1) is 22.7 Å². The summed E-state index contributed by atoms with van der Waals surface area (Å²) < 4.78 is 14.4. The monoisotopic (exact) mass is 968 g/mol. The second kappa shape index (κ2) is 23.2. The Hall–Kier alpha value is -9.46. The van der Waals surface area contributed by atoms with Gasteiger partial charge in [-0.05, 0) is 104 Å². The number of rotatable bonds is 16. The van der Waals surface area contributed by atoms with Crippen LogP contribution in [0.3, 0.4) is 0 Å². The van der Waals surface area contributed by atoms with Crippen molar-refractivity contribution in [2.24, 2.45) is 0 Å². The molecule has 6 heterocycles. The number of anilines is 2. The fourth-order valence-electron chi connectivity index (χ4n) is 7.59. The van der Waals surface area contributed by atoms with Gasteiger partial charge in [0.15, 0.2) is 0 Å². The minimum Gasteiger partial charge on any atom is -0.477 e. The number of fused-ring (bicyclic) bond motifs is 2. The maximum absolute atomic E-state index is 13.5. The summed E-state index contributed by atoms with van der Waals surface area (Å²) in [5.74, 6) is 0.164. The van der Waals surface area contributed by atoms with Crippen LogP contribution in [0.15, 0.2) is 122 Å². The Balaban J connectivity index is 0.000000235. The Labute approximate surface area is 416 Å². The van der Waals surface area contributed by atoms with Crippen LogP contribution in [0.4, 0.5) is 11.6 Å². The number of nitrogens with zero attached hydrogens (tertiary/aromatic N) is 10. The van der Waals surface area contributed by atoms with Gasteiger partial charge in [0.05, 0.1) is 36.6 Å². The number of aliphatic hydroxyl groups excluding tert-OH is 1. The second-order valence-electron chi connectivity index (χ2n) is 15.7. The molecule has 0 unspecified atom stereocenters. The van der Waals surface area contributed by atoms with Gasteiger partial charge in [-0.2, -0.15) is 30.7 Å². The van der Waals surface area contributed by atoms with Gasteiger partial charge in [-0.1, -0.05) is 31.2 Å². The third-order valence-electron chi connectivity index (χ3n) is 11.3. The topological polar surface area (TPSA) is 245 Å². The maximum Gasteiger partial charge on any atom is 0.259 e. The summed E-state index contributed by atoms with van der Waals surface area (Å²) in [5, 5.41) is 41.7. The van der Waals surface area contributed by atoms with Crippen molar-refractivity contribution in [2.45, 2.75) is 27.2 Å². The summed E-state index contributed by atoms with van der Waals surface area (Å²) in [5.41, 5.74) is 7.40. The quantitative estimate of drug-likeness (QED) is 0.0885. The molecule has 0 aliphatic rings. The van der Waals surface area contributed by atoms with Gasteiger partial charge >= 0.3 is 0 Å². The predicted octanol–water partition coefficient (Wildman–Crippen LogP) is 6.99. The first-order valence-corrected chi connectivity index (χ1v) is 22.9. The Kier molecular flexibility index (Phi) is 16.3. The maximum atomic E-state index is 13.5. The molecule has 6 aromatic heterocycles. The van der Waals surface area contributed by atoms with Gasteiger partial charge in [0, 0.05) is 74.4 Å². The summed E-state index contributed by atoms with van der Waals surface area (Å²) in [6.07, 6.45) is 7.66. The summed E-state index contributed by atoms with van der Waals surface area (Å²) in [6, 6.07) is 31.7. The minimum atomic E-state index is -0.285. The first kappa shape index (κ1) is 50.4. The molecule has 0 radical (unpaired) electrons. The second-order valence-corrected chi connectivity index (χ2v) is 15.7. The van der Waals surface area contributed by atoms with Gasteiger partial charge in [-0.15, -0.1) is 0 Å². The van der Waals surface area contributed by atoms with E-state index in [1.54, 1.807) is 120 Å². The number of aliphatic hydroxyl groups is 1. The van der Waals surface area contributed by atoms with Crippen molar-refractivity contribution in [3.8, 4) is 46.2 Å². The molecular weight excluding hydrogens is 917 g/mol. The number of pyridine rings is 4. The summed E-state index contributed by atoms with van der Waals surface area (Å²) >= 11 is 0. The van der Waals surface area contributed by atoms with E-state index >= 15 is 0 Å². The predicted molar refractivity (Wildman–Crippen MR) is 271 cm³/mol. The number of carbonyl (C=O) groups excluding carboxylic acids is 4. The fraction of sp³-hybridized carbons (Fsp3) is 0.208. The minimum absolute atomic E-state index is 0. The van der Waals surface area contributed by atoms with Gasteiger partial charge in [0.2, 0.25) is 11.8 Å². The molecule has 0 aliphatic heterocycles. The van der Waals surface area contributed by atoms with Crippen LogP contribution in [-0.4, -0.2) is 105 Å².